The highest BCUT2D eigenvalue weighted by molar-refractivity contribution is 7.99. The van der Waals surface area contributed by atoms with Gasteiger partial charge >= 0.3 is 0 Å². The van der Waals surface area contributed by atoms with Gasteiger partial charge in [0.1, 0.15) is 5.82 Å². The fraction of sp³-hybridized carbons (Fsp3) is 0.143. The molecule has 2 heterocycles. The third kappa shape index (κ3) is 2.39. The maximum absolute atomic E-state index is 14.0. The summed E-state index contributed by atoms with van der Waals surface area (Å²) in [5.74, 6) is -0.256. The highest BCUT2D eigenvalue weighted by Gasteiger charge is 2.13. The summed E-state index contributed by atoms with van der Waals surface area (Å²) in [5.41, 5.74) is 7.21. The van der Waals surface area contributed by atoms with Crippen LogP contribution in [0.5, 0.6) is 0 Å². The van der Waals surface area contributed by atoms with Crippen LogP contribution in [-0.4, -0.2) is 21.1 Å². The van der Waals surface area contributed by atoms with E-state index in [-0.39, 0.29) is 5.82 Å². The molecule has 0 bridgehead atoms. The average Bonchev–Trinajstić information content (AvgIpc) is 2.86. The van der Waals surface area contributed by atoms with E-state index in [1.807, 2.05) is 34.9 Å². The van der Waals surface area contributed by atoms with Gasteiger partial charge in [-0.2, -0.15) is 0 Å². The number of halogens is 1. The first-order chi connectivity index (χ1) is 9.79. The fourth-order valence-corrected chi connectivity index (χ4v) is 2.98. The van der Waals surface area contributed by atoms with Gasteiger partial charge in [0.05, 0.1) is 4.90 Å². The highest BCUT2D eigenvalue weighted by Crippen LogP contribution is 2.32. The number of nitrogens with two attached hydrogens (primary N) is 1. The van der Waals surface area contributed by atoms with Gasteiger partial charge in [0.15, 0.2) is 5.65 Å². The van der Waals surface area contributed by atoms with Crippen molar-refractivity contribution in [2.45, 2.75) is 16.5 Å². The minimum absolute atomic E-state index is 0.256. The van der Waals surface area contributed by atoms with E-state index in [1.54, 1.807) is 6.07 Å². The van der Waals surface area contributed by atoms with Gasteiger partial charge in [-0.25, -0.2) is 4.39 Å². The Morgan fingerprint density at radius 1 is 1.15 bits per heavy atom. The first kappa shape index (κ1) is 13.1. The van der Waals surface area contributed by atoms with Crippen LogP contribution in [0.25, 0.3) is 5.65 Å². The Labute approximate surface area is 119 Å². The van der Waals surface area contributed by atoms with Crippen molar-refractivity contribution in [2.24, 2.45) is 5.73 Å². The van der Waals surface area contributed by atoms with Gasteiger partial charge in [0.25, 0.3) is 0 Å². The third-order valence-electron chi connectivity index (χ3n) is 2.94. The summed E-state index contributed by atoms with van der Waals surface area (Å²) in [6.07, 6.45) is 2.50. The summed E-state index contributed by atoms with van der Waals surface area (Å²) in [7, 11) is 0. The molecule has 0 fully saturated rings. The van der Waals surface area contributed by atoms with E-state index in [0.29, 0.717) is 23.0 Å². The molecule has 1 aromatic carbocycles. The molecule has 102 valence electrons. The summed E-state index contributed by atoms with van der Waals surface area (Å²) in [5, 5.41) is 8.82. The summed E-state index contributed by atoms with van der Waals surface area (Å²) in [6, 6.07) is 10.7. The van der Waals surface area contributed by atoms with Gasteiger partial charge in [-0.05, 0) is 48.5 Å². The van der Waals surface area contributed by atoms with E-state index in [2.05, 4.69) is 10.2 Å². The van der Waals surface area contributed by atoms with Crippen molar-refractivity contribution in [2.75, 3.05) is 6.54 Å². The number of hydrogen-bond donors (Lipinski definition) is 1. The summed E-state index contributed by atoms with van der Waals surface area (Å²) < 4.78 is 15.9. The number of pyridine rings is 1. The number of hydrogen-bond acceptors (Lipinski definition) is 4. The summed E-state index contributed by atoms with van der Waals surface area (Å²) >= 11 is 1.28. The van der Waals surface area contributed by atoms with Crippen LogP contribution in [0.2, 0.25) is 0 Å². The molecule has 3 rings (SSSR count). The van der Waals surface area contributed by atoms with Crippen LogP contribution in [0, 0.1) is 5.82 Å². The van der Waals surface area contributed by atoms with Crippen LogP contribution < -0.4 is 5.73 Å². The molecule has 3 aromatic rings. The summed E-state index contributed by atoms with van der Waals surface area (Å²) in [6.45, 7) is 0.484. The molecule has 20 heavy (non-hydrogen) atoms. The van der Waals surface area contributed by atoms with Crippen LogP contribution >= 0.6 is 11.8 Å². The van der Waals surface area contributed by atoms with Crippen molar-refractivity contribution < 1.29 is 4.39 Å². The molecule has 0 saturated carbocycles. The first-order valence-electron chi connectivity index (χ1n) is 6.24. The Kier molecular flexibility index (Phi) is 3.66. The number of aromatic nitrogens is 3. The van der Waals surface area contributed by atoms with E-state index >= 15 is 0 Å². The molecule has 0 unspecified atom stereocenters. The molecule has 2 aromatic heterocycles. The van der Waals surface area contributed by atoms with Crippen molar-refractivity contribution in [1.29, 1.82) is 0 Å². The Morgan fingerprint density at radius 2 is 2.05 bits per heavy atom. The molecule has 0 atom stereocenters. The van der Waals surface area contributed by atoms with Gasteiger partial charge in [0, 0.05) is 6.20 Å². The van der Waals surface area contributed by atoms with Crippen LogP contribution in [0.15, 0.2) is 52.6 Å². The maximum Gasteiger partial charge on any atom is 0.200 e. The van der Waals surface area contributed by atoms with Crippen molar-refractivity contribution in [3.8, 4) is 0 Å². The van der Waals surface area contributed by atoms with Gasteiger partial charge in [-0.3, -0.25) is 4.40 Å². The smallest absolute Gasteiger partial charge is 0.200 e. The van der Waals surface area contributed by atoms with E-state index in [1.165, 1.54) is 17.8 Å². The average molecular weight is 288 g/mol. The second-order valence-corrected chi connectivity index (χ2v) is 5.26. The number of fused-ring (bicyclic) bond motifs is 1. The molecule has 2 N–H and O–H groups in total. The van der Waals surface area contributed by atoms with Crippen molar-refractivity contribution >= 4 is 17.4 Å². The number of benzene rings is 1. The number of rotatable bonds is 4. The van der Waals surface area contributed by atoms with Gasteiger partial charge < -0.3 is 5.73 Å². The molecule has 0 saturated heterocycles. The Morgan fingerprint density at radius 3 is 2.90 bits per heavy atom. The second kappa shape index (κ2) is 5.60. The Hall–Kier alpha value is -1.92. The lowest BCUT2D eigenvalue weighted by atomic mass is 10.1. The first-order valence-corrected chi connectivity index (χ1v) is 7.06. The molecule has 0 amide bonds. The largest absolute Gasteiger partial charge is 0.330 e. The zero-order chi connectivity index (χ0) is 13.9. The monoisotopic (exact) mass is 288 g/mol. The lowest BCUT2D eigenvalue weighted by Crippen LogP contribution is -2.04. The minimum atomic E-state index is -0.256. The molecule has 0 radical (unpaired) electrons. The van der Waals surface area contributed by atoms with Crippen molar-refractivity contribution in [3.63, 3.8) is 0 Å². The van der Waals surface area contributed by atoms with E-state index in [4.69, 9.17) is 5.73 Å². The van der Waals surface area contributed by atoms with Crippen LogP contribution in [0.3, 0.4) is 0 Å². The number of nitrogens with zero attached hydrogens (tertiary/aromatic N) is 3. The molecule has 6 heteroatoms. The van der Waals surface area contributed by atoms with Crippen LogP contribution in [0.4, 0.5) is 4.39 Å². The predicted molar refractivity (Wildman–Crippen MR) is 76.3 cm³/mol. The molecule has 0 aliphatic carbocycles. The fourth-order valence-electron chi connectivity index (χ4n) is 2.00. The highest BCUT2D eigenvalue weighted by atomic mass is 32.2. The maximum atomic E-state index is 14.0. The van der Waals surface area contributed by atoms with E-state index in [9.17, 15) is 4.39 Å². The van der Waals surface area contributed by atoms with Crippen LogP contribution in [-0.2, 0) is 6.42 Å². The molecule has 4 nitrogen and oxygen atoms in total. The van der Waals surface area contributed by atoms with Crippen LogP contribution in [0.1, 0.15) is 5.56 Å². The molecular formula is C14H13FN4S. The van der Waals surface area contributed by atoms with Gasteiger partial charge in [-0.1, -0.05) is 18.2 Å². The third-order valence-corrected chi connectivity index (χ3v) is 4.06. The lowest BCUT2D eigenvalue weighted by molar-refractivity contribution is 0.596. The Bertz CT molecular complexity index is 741. The zero-order valence-electron chi connectivity index (χ0n) is 10.7. The normalized spacial score (nSPS) is 11.1. The van der Waals surface area contributed by atoms with Gasteiger partial charge in [-0.15, -0.1) is 10.2 Å². The van der Waals surface area contributed by atoms with Gasteiger partial charge in [0.2, 0.25) is 5.16 Å². The molecule has 0 spiro atoms. The second-order valence-electron chi connectivity index (χ2n) is 4.28. The molecule has 0 aliphatic heterocycles. The standard InChI is InChI=1S/C14H13FN4S/c15-11-5-3-4-10(7-8-16)13(11)20-14-18-17-12-6-1-2-9-19(12)14/h1-6,9H,7-8,16H2. The minimum Gasteiger partial charge on any atom is -0.330 e. The van der Waals surface area contributed by atoms with Crippen molar-refractivity contribution in [1.82, 2.24) is 14.6 Å². The zero-order valence-corrected chi connectivity index (χ0v) is 11.5. The lowest BCUT2D eigenvalue weighted by Gasteiger charge is -2.08. The van der Waals surface area contributed by atoms with E-state index < -0.39 is 0 Å². The van der Waals surface area contributed by atoms with E-state index in [0.717, 1.165) is 11.2 Å². The molecule has 0 aliphatic rings. The quantitative estimate of drug-likeness (QED) is 0.801. The molecular weight excluding hydrogens is 275 g/mol. The summed E-state index contributed by atoms with van der Waals surface area (Å²) in [4.78, 5) is 0.566. The SMILES string of the molecule is NCCc1cccc(F)c1Sc1nnc2ccccn12. The van der Waals surface area contributed by atoms with Crippen molar-refractivity contribution in [3.05, 3.63) is 54.0 Å². The predicted octanol–water partition coefficient (Wildman–Crippen LogP) is 2.52. The Balaban J connectivity index is 2.02. The topological polar surface area (TPSA) is 56.2 Å².